The highest BCUT2D eigenvalue weighted by Gasteiger charge is 2.31. The van der Waals surface area contributed by atoms with Crippen LogP contribution in [0.15, 0.2) is 18.2 Å². The molecule has 1 aromatic rings. The van der Waals surface area contributed by atoms with E-state index in [1.807, 2.05) is 19.9 Å². The number of amides is 1. The fourth-order valence-corrected chi connectivity index (χ4v) is 3.59. The zero-order chi connectivity index (χ0) is 17.6. The normalized spacial score (nSPS) is 24.0. The van der Waals surface area contributed by atoms with Crippen molar-refractivity contribution in [2.24, 2.45) is 11.8 Å². The second-order valence-electron chi connectivity index (χ2n) is 7.29. The minimum Gasteiger partial charge on any atom is -0.381 e. The molecule has 1 aromatic heterocycles. The van der Waals surface area contributed by atoms with E-state index in [1.54, 1.807) is 0 Å². The van der Waals surface area contributed by atoms with Gasteiger partial charge in [0.1, 0.15) is 0 Å². The largest absolute Gasteiger partial charge is 0.381 e. The molecule has 0 aliphatic carbocycles. The Kier molecular flexibility index (Phi) is 6.43. The van der Waals surface area contributed by atoms with Crippen LogP contribution in [0.3, 0.4) is 0 Å². The molecular formula is C20H30N2O3. The zero-order valence-electron chi connectivity index (χ0n) is 15.4. The van der Waals surface area contributed by atoms with Crippen molar-refractivity contribution in [3.8, 4) is 0 Å². The van der Waals surface area contributed by atoms with Crippen LogP contribution in [0, 0.1) is 11.8 Å². The first-order valence-electron chi connectivity index (χ1n) is 9.61. The lowest BCUT2D eigenvalue weighted by Crippen LogP contribution is -2.37. The van der Waals surface area contributed by atoms with Crippen LogP contribution in [0.4, 0.5) is 0 Å². The summed E-state index contributed by atoms with van der Waals surface area (Å²) in [6.45, 7) is 7.09. The van der Waals surface area contributed by atoms with Crippen LogP contribution in [-0.2, 0) is 14.3 Å². The highest BCUT2D eigenvalue weighted by molar-refractivity contribution is 5.78. The van der Waals surface area contributed by atoms with Gasteiger partial charge in [-0.3, -0.25) is 9.78 Å². The van der Waals surface area contributed by atoms with Gasteiger partial charge in [-0.25, -0.2) is 0 Å². The fourth-order valence-electron chi connectivity index (χ4n) is 3.59. The molecule has 3 heterocycles. The molecule has 0 bridgehead atoms. The summed E-state index contributed by atoms with van der Waals surface area (Å²) in [6.07, 6.45) is 3.85. The van der Waals surface area contributed by atoms with E-state index in [2.05, 4.69) is 17.4 Å². The van der Waals surface area contributed by atoms with Crippen LogP contribution in [-0.4, -0.2) is 37.3 Å². The van der Waals surface area contributed by atoms with Gasteiger partial charge >= 0.3 is 0 Å². The summed E-state index contributed by atoms with van der Waals surface area (Å²) >= 11 is 0. The van der Waals surface area contributed by atoms with Gasteiger partial charge in [-0.1, -0.05) is 19.9 Å². The molecule has 138 valence electrons. The van der Waals surface area contributed by atoms with E-state index in [0.29, 0.717) is 18.4 Å². The second-order valence-corrected chi connectivity index (χ2v) is 7.29. The number of aromatic nitrogens is 1. The molecule has 1 amide bonds. The van der Waals surface area contributed by atoms with E-state index >= 15 is 0 Å². The summed E-state index contributed by atoms with van der Waals surface area (Å²) in [4.78, 5) is 17.5. The second kappa shape index (κ2) is 8.77. The Labute approximate surface area is 150 Å². The van der Waals surface area contributed by atoms with E-state index in [0.717, 1.165) is 56.9 Å². The van der Waals surface area contributed by atoms with Gasteiger partial charge in [0.05, 0.1) is 18.3 Å². The summed E-state index contributed by atoms with van der Waals surface area (Å²) in [7, 11) is 0. The highest BCUT2D eigenvalue weighted by Crippen LogP contribution is 2.31. The number of hydrogen-bond acceptors (Lipinski definition) is 4. The van der Waals surface area contributed by atoms with Crippen molar-refractivity contribution in [3.63, 3.8) is 0 Å². The quantitative estimate of drug-likeness (QED) is 0.859. The van der Waals surface area contributed by atoms with Gasteiger partial charge in [0.2, 0.25) is 5.91 Å². The number of hydrogen-bond donors (Lipinski definition) is 1. The van der Waals surface area contributed by atoms with Crippen molar-refractivity contribution >= 4 is 5.91 Å². The molecule has 25 heavy (non-hydrogen) atoms. The van der Waals surface area contributed by atoms with E-state index < -0.39 is 0 Å². The molecular weight excluding hydrogens is 316 g/mol. The summed E-state index contributed by atoms with van der Waals surface area (Å²) in [5.41, 5.74) is 2.10. The average Bonchev–Trinajstić information content (AvgIpc) is 3.20. The number of nitrogens with zero attached hydrogens (tertiary/aromatic N) is 1. The first-order chi connectivity index (χ1) is 12.2. The van der Waals surface area contributed by atoms with Crippen molar-refractivity contribution in [3.05, 3.63) is 29.6 Å². The Morgan fingerprint density at radius 2 is 2.00 bits per heavy atom. The Morgan fingerprint density at radius 1 is 1.24 bits per heavy atom. The summed E-state index contributed by atoms with van der Waals surface area (Å²) in [6, 6.07) is 6.16. The number of carbonyl (C=O) groups is 1. The molecule has 2 aliphatic rings. The molecule has 0 radical (unpaired) electrons. The first kappa shape index (κ1) is 18.3. The van der Waals surface area contributed by atoms with Crippen LogP contribution in [0.5, 0.6) is 0 Å². The monoisotopic (exact) mass is 346 g/mol. The van der Waals surface area contributed by atoms with Crippen molar-refractivity contribution < 1.29 is 14.3 Å². The zero-order valence-corrected chi connectivity index (χ0v) is 15.4. The summed E-state index contributed by atoms with van der Waals surface area (Å²) < 4.78 is 11.0. The minimum atomic E-state index is -0.0659. The van der Waals surface area contributed by atoms with Crippen LogP contribution in [0.1, 0.15) is 62.9 Å². The van der Waals surface area contributed by atoms with Gasteiger partial charge in [0.25, 0.3) is 0 Å². The molecule has 0 saturated carbocycles. The Hall–Kier alpha value is -1.46. The fraction of sp³-hybridized carbons (Fsp3) is 0.700. The molecule has 3 atom stereocenters. The topological polar surface area (TPSA) is 60.5 Å². The lowest BCUT2D eigenvalue weighted by atomic mass is 9.92. The Balaban J connectivity index is 1.80. The molecule has 3 rings (SSSR count). The number of ether oxygens (including phenoxy) is 2. The minimum absolute atomic E-state index is 0.0171. The molecule has 2 fully saturated rings. The Morgan fingerprint density at radius 3 is 2.68 bits per heavy atom. The lowest BCUT2D eigenvalue weighted by molar-refractivity contribution is -0.125. The van der Waals surface area contributed by atoms with E-state index in [1.165, 1.54) is 0 Å². The van der Waals surface area contributed by atoms with Gasteiger partial charge in [-0.05, 0) is 37.8 Å². The van der Waals surface area contributed by atoms with Gasteiger partial charge in [-0.15, -0.1) is 0 Å². The molecule has 3 unspecified atom stereocenters. The average molecular weight is 346 g/mol. The highest BCUT2D eigenvalue weighted by atomic mass is 16.5. The summed E-state index contributed by atoms with van der Waals surface area (Å²) in [5, 5.41) is 3.25. The lowest BCUT2D eigenvalue weighted by Gasteiger charge is -2.27. The van der Waals surface area contributed by atoms with Gasteiger partial charge in [0, 0.05) is 43.3 Å². The Bertz CT molecular complexity index is 566. The number of carbonyl (C=O) groups excluding carboxylic acids is 1. The van der Waals surface area contributed by atoms with Crippen molar-refractivity contribution in [2.75, 3.05) is 26.4 Å². The van der Waals surface area contributed by atoms with Crippen LogP contribution in [0.25, 0.3) is 0 Å². The third-order valence-corrected chi connectivity index (χ3v) is 5.54. The SMILES string of the molecule is CCC(C)C(=O)NC(c1cccc(C2CCOCC2)n1)C1CCOC1. The van der Waals surface area contributed by atoms with Crippen LogP contribution < -0.4 is 5.32 Å². The molecule has 5 nitrogen and oxygen atoms in total. The van der Waals surface area contributed by atoms with Crippen molar-refractivity contribution in [2.45, 2.75) is 51.5 Å². The third kappa shape index (κ3) is 4.59. The van der Waals surface area contributed by atoms with E-state index in [9.17, 15) is 4.79 Å². The maximum atomic E-state index is 12.5. The van der Waals surface area contributed by atoms with Gasteiger partial charge < -0.3 is 14.8 Å². The maximum absolute atomic E-state index is 12.5. The van der Waals surface area contributed by atoms with Crippen LogP contribution >= 0.6 is 0 Å². The van der Waals surface area contributed by atoms with E-state index in [-0.39, 0.29) is 17.9 Å². The molecule has 1 N–H and O–H groups in total. The third-order valence-electron chi connectivity index (χ3n) is 5.54. The standard InChI is InChI=1S/C20H30N2O3/c1-3-14(2)20(23)22-19(16-9-12-25-13-16)18-6-4-5-17(21-18)15-7-10-24-11-8-15/h4-6,14-16,19H,3,7-13H2,1-2H3,(H,22,23). The van der Waals surface area contributed by atoms with Gasteiger partial charge in [0.15, 0.2) is 0 Å². The predicted molar refractivity (Wildman–Crippen MR) is 96.3 cm³/mol. The number of nitrogens with one attached hydrogen (secondary N) is 1. The maximum Gasteiger partial charge on any atom is 0.223 e. The molecule has 0 aromatic carbocycles. The van der Waals surface area contributed by atoms with Crippen LogP contribution in [0.2, 0.25) is 0 Å². The predicted octanol–water partition coefficient (Wildman–Crippen LogP) is 3.22. The molecule has 0 spiro atoms. The number of pyridine rings is 1. The van der Waals surface area contributed by atoms with Crippen molar-refractivity contribution in [1.29, 1.82) is 0 Å². The van der Waals surface area contributed by atoms with Gasteiger partial charge in [-0.2, -0.15) is 0 Å². The van der Waals surface area contributed by atoms with E-state index in [4.69, 9.17) is 14.5 Å². The molecule has 2 aliphatic heterocycles. The summed E-state index contributed by atoms with van der Waals surface area (Å²) in [5.74, 6) is 0.881. The van der Waals surface area contributed by atoms with Crippen molar-refractivity contribution in [1.82, 2.24) is 10.3 Å². The number of rotatable bonds is 6. The first-order valence-corrected chi connectivity index (χ1v) is 9.61. The molecule has 2 saturated heterocycles. The molecule has 5 heteroatoms. The smallest absolute Gasteiger partial charge is 0.223 e.